The lowest BCUT2D eigenvalue weighted by atomic mass is 9.93. The van der Waals surface area contributed by atoms with Crippen LogP contribution in [0.1, 0.15) is 12.5 Å². The van der Waals surface area contributed by atoms with Gasteiger partial charge in [0.1, 0.15) is 16.1 Å². The number of anilines is 1. The van der Waals surface area contributed by atoms with Crippen LogP contribution >= 0.6 is 11.6 Å². The van der Waals surface area contributed by atoms with Crippen LogP contribution in [0, 0.1) is 11.8 Å². The second-order valence-electron chi connectivity index (χ2n) is 7.35. The van der Waals surface area contributed by atoms with E-state index in [2.05, 4.69) is 16.8 Å². The van der Waals surface area contributed by atoms with Crippen molar-refractivity contribution < 1.29 is 31.8 Å². The zero-order valence-electron chi connectivity index (χ0n) is 17.4. The number of piperazine rings is 1. The van der Waals surface area contributed by atoms with Crippen molar-refractivity contribution in [3.63, 3.8) is 0 Å². The van der Waals surface area contributed by atoms with Crippen LogP contribution in [0.3, 0.4) is 0 Å². The molecule has 2 unspecified atom stereocenters. The number of nitrogens with zero attached hydrogens (tertiary/aromatic N) is 3. The normalized spacial score (nSPS) is 19.5. The summed E-state index contributed by atoms with van der Waals surface area (Å²) < 4.78 is 66.9. The zero-order chi connectivity index (χ0) is 24.4. The largest absolute Gasteiger partial charge is 0.423 e. The molecule has 7 nitrogen and oxygen atoms in total. The number of aliphatic hydroxyl groups excluding tert-OH is 1. The number of halogens is 4. The lowest BCUT2D eigenvalue weighted by Gasteiger charge is -2.40. The highest BCUT2D eigenvalue weighted by Gasteiger charge is 2.54. The summed E-state index contributed by atoms with van der Waals surface area (Å²) in [5, 5.41) is 19.2. The predicted octanol–water partition coefficient (Wildman–Crippen LogP) is 2.38. The molecule has 2 aromatic rings. The summed E-state index contributed by atoms with van der Waals surface area (Å²) in [7, 11) is -3.85. The maximum Gasteiger partial charge on any atom is 0.423 e. The van der Waals surface area contributed by atoms with Crippen molar-refractivity contribution >= 4 is 27.3 Å². The first-order chi connectivity index (χ1) is 15.4. The van der Waals surface area contributed by atoms with Gasteiger partial charge in [-0.1, -0.05) is 29.7 Å². The van der Waals surface area contributed by atoms with Gasteiger partial charge in [0.2, 0.25) is 15.6 Å². The van der Waals surface area contributed by atoms with E-state index in [4.69, 9.17) is 16.7 Å². The van der Waals surface area contributed by atoms with Crippen LogP contribution in [0.25, 0.3) is 0 Å². The Kier molecular flexibility index (Phi) is 7.26. The molecular weight excluding hydrogens is 483 g/mol. The second kappa shape index (κ2) is 9.48. The molecule has 178 valence electrons. The minimum atomic E-state index is -5.06. The smallest absolute Gasteiger partial charge is 0.393 e. The van der Waals surface area contributed by atoms with Gasteiger partial charge in [0.15, 0.2) is 0 Å². The SMILES string of the molecule is CC#CC1CN(S(=O)(=O)c2ccc(Cl)nc2)CCN1c1ccc(C(O)(CO)C(F)(F)F)cc1. The standard InChI is InChI=1S/C21H21ClF3N3O4S/c1-2-3-17-13-27(33(31,32)18-8-9-19(22)26-12-18)10-11-28(17)16-6-4-15(5-7-16)20(30,14-29)21(23,24)25/h4-9,12,17,29-30H,10-11,13-14H2,1H3. The highest BCUT2D eigenvalue weighted by molar-refractivity contribution is 7.89. The number of aliphatic hydroxyl groups is 2. The molecule has 2 heterocycles. The first-order valence-electron chi connectivity index (χ1n) is 9.75. The predicted molar refractivity (Wildman–Crippen MR) is 116 cm³/mol. The molecule has 1 aliphatic heterocycles. The summed E-state index contributed by atoms with van der Waals surface area (Å²) in [5.41, 5.74) is -3.39. The monoisotopic (exact) mass is 503 g/mol. The number of hydrogen-bond acceptors (Lipinski definition) is 6. The zero-order valence-corrected chi connectivity index (χ0v) is 19.0. The second-order valence-corrected chi connectivity index (χ2v) is 9.67. The van der Waals surface area contributed by atoms with Crippen molar-refractivity contribution in [2.24, 2.45) is 0 Å². The van der Waals surface area contributed by atoms with E-state index in [1.807, 2.05) is 0 Å². The van der Waals surface area contributed by atoms with Gasteiger partial charge in [-0.05, 0) is 36.8 Å². The Hall–Kier alpha value is -2.36. The molecular formula is C21H21ClF3N3O4S. The van der Waals surface area contributed by atoms with Crippen molar-refractivity contribution in [3.05, 3.63) is 53.3 Å². The van der Waals surface area contributed by atoms with E-state index in [-0.39, 0.29) is 29.7 Å². The van der Waals surface area contributed by atoms with Crippen LogP contribution in [0.2, 0.25) is 5.15 Å². The van der Waals surface area contributed by atoms with Crippen molar-refractivity contribution in [1.29, 1.82) is 0 Å². The molecule has 1 saturated heterocycles. The molecule has 2 atom stereocenters. The average Bonchev–Trinajstić information content (AvgIpc) is 2.78. The maximum absolute atomic E-state index is 13.2. The Morgan fingerprint density at radius 2 is 1.85 bits per heavy atom. The lowest BCUT2D eigenvalue weighted by molar-refractivity contribution is -0.277. The summed E-state index contributed by atoms with van der Waals surface area (Å²) in [6.07, 6.45) is -3.89. The van der Waals surface area contributed by atoms with Crippen molar-refractivity contribution in [2.75, 3.05) is 31.1 Å². The number of benzene rings is 1. The molecule has 0 aliphatic carbocycles. The molecule has 12 heteroatoms. The van der Waals surface area contributed by atoms with Gasteiger partial charge in [-0.15, -0.1) is 5.92 Å². The van der Waals surface area contributed by atoms with E-state index in [1.165, 1.54) is 34.8 Å². The van der Waals surface area contributed by atoms with E-state index < -0.39 is 40.0 Å². The van der Waals surface area contributed by atoms with Crippen molar-refractivity contribution in [2.45, 2.75) is 29.6 Å². The van der Waals surface area contributed by atoms with Crippen LogP contribution in [-0.2, 0) is 15.6 Å². The molecule has 0 amide bonds. The van der Waals surface area contributed by atoms with Gasteiger partial charge in [0.05, 0.1) is 6.61 Å². The van der Waals surface area contributed by atoms with Crippen molar-refractivity contribution in [1.82, 2.24) is 9.29 Å². The number of rotatable bonds is 5. The molecule has 1 aliphatic rings. The molecule has 0 saturated carbocycles. The summed E-state index contributed by atoms with van der Waals surface area (Å²) in [4.78, 5) is 5.58. The van der Waals surface area contributed by atoms with Gasteiger partial charge in [-0.2, -0.15) is 17.5 Å². The van der Waals surface area contributed by atoms with Gasteiger partial charge in [0.25, 0.3) is 0 Å². The van der Waals surface area contributed by atoms with E-state index >= 15 is 0 Å². The lowest BCUT2D eigenvalue weighted by Crippen LogP contribution is -2.54. The van der Waals surface area contributed by atoms with Crippen LogP contribution < -0.4 is 4.90 Å². The highest BCUT2D eigenvalue weighted by Crippen LogP contribution is 2.39. The minimum absolute atomic E-state index is 0.0108. The molecule has 1 aromatic heterocycles. The van der Waals surface area contributed by atoms with Gasteiger partial charge in [0, 0.05) is 31.5 Å². The number of alkyl halides is 3. The highest BCUT2D eigenvalue weighted by atomic mass is 35.5. The van der Waals surface area contributed by atoms with Gasteiger partial charge in [-0.3, -0.25) is 0 Å². The minimum Gasteiger partial charge on any atom is -0.393 e. The third-order valence-corrected chi connectivity index (χ3v) is 7.44. The molecule has 0 radical (unpaired) electrons. The molecule has 1 aromatic carbocycles. The Balaban J connectivity index is 1.86. The van der Waals surface area contributed by atoms with E-state index in [1.54, 1.807) is 11.8 Å². The quantitative estimate of drug-likeness (QED) is 0.481. The van der Waals surface area contributed by atoms with Crippen LogP contribution in [0.15, 0.2) is 47.5 Å². The van der Waals surface area contributed by atoms with E-state index in [0.29, 0.717) is 5.69 Å². The Bertz CT molecular complexity index is 1150. The fourth-order valence-electron chi connectivity index (χ4n) is 3.51. The van der Waals surface area contributed by atoms with Crippen LogP contribution in [0.4, 0.5) is 18.9 Å². The van der Waals surface area contributed by atoms with Gasteiger partial charge >= 0.3 is 6.18 Å². The topological polar surface area (TPSA) is 94.0 Å². The number of pyridine rings is 1. The number of hydrogen-bond donors (Lipinski definition) is 2. The van der Waals surface area contributed by atoms with Gasteiger partial charge < -0.3 is 15.1 Å². The van der Waals surface area contributed by atoms with Crippen LogP contribution in [0.5, 0.6) is 0 Å². The Morgan fingerprint density at radius 3 is 2.36 bits per heavy atom. The summed E-state index contributed by atoms with van der Waals surface area (Å²) in [5.74, 6) is 5.70. The van der Waals surface area contributed by atoms with Crippen molar-refractivity contribution in [3.8, 4) is 11.8 Å². The number of aromatic nitrogens is 1. The average molecular weight is 504 g/mol. The Labute approximate surface area is 194 Å². The van der Waals surface area contributed by atoms with Gasteiger partial charge in [-0.25, -0.2) is 13.4 Å². The van der Waals surface area contributed by atoms with Crippen LogP contribution in [-0.4, -0.2) is 66.4 Å². The third kappa shape index (κ3) is 4.95. The summed E-state index contributed by atoms with van der Waals surface area (Å²) in [6.45, 7) is 0.440. The summed E-state index contributed by atoms with van der Waals surface area (Å²) in [6, 6.07) is 7.08. The molecule has 0 spiro atoms. The molecule has 0 bridgehead atoms. The fourth-order valence-corrected chi connectivity index (χ4v) is 5.01. The van der Waals surface area contributed by atoms with E-state index in [9.17, 15) is 26.7 Å². The fraction of sp³-hybridized carbons (Fsp3) is 0.381. The van der Waals surface area contributed by atoms with E-state index in [0.717, 1.165) is 12.1 Å². The maximum atomic E-state index is 13.2. The Morgan fingerprint density at radius 1 is 1.18 bits per heavy atom. The third-order valence-electron chi connectivity index (χ3n) is 5.37. The summed E-state index contributed by atoms with van der Waals surface area (Å²) >= 11 is 5.74. The molecule has 33 heavy (non-hydrogen) atoms. The number of sulfonamides is 1. The molecule has 1 fully saturated rings. The molecule has 3 rings (SSSR count). The first-order valence-corrected chi connectivity index (χ1v) is 11.6. The first kappa shape index (κ1) is 25.3. The molecule has 2 N–H and O–H groups in total.